The van der Waals surface area contributed by atoms with Crippen LogP contribution >= 0.6 is 0 Å². The van der Waals surface area contributed by atoms with Crippen molar-refractivity contribution in [3.8, 4) is 0 Å². The summed E-state index contributed by atoms with van der Waals surface area (Å²) in [6.45, 7) is 0.937. The lowest BCUT2D eigenvalue weighted by Gasteiger charge is -2.17. The molecule has 16 heavy (non-hydrogen) atoms. The standard InChI is InChI=1S/C4H8N7.ClHO4/c5-9-7-1-2-11-4-10(6)3-8-11;2-1(3,4)5/h3-4H,1-2,6H2;(H,2,3,4,5)/q+1;/p-1. The van der Waals surface area contributed by atoms with Crippen molar-refractivity contribution in [2.24, 2.45) is 5.11 Å². The van der Waals surface area contributed by atoms with Crippen LogP contribution in [0.15, 0.2) is 17.8 Å². The Morgan fingerprint density at radius 2 is 2.06 bits per heavy atom. The maximum Gasteiger partial charge on any atom is 0.286 e. The molecule has 0 saturated carbocycles. The van der Waals surface area contributed by atoms with E-state index in [4.69, 9.17) is 30.0 Å². The minimum absolute atomic E-state index is 0.387. The molecule has 0 amide bonds. The van der Waals surface area contributed by atoms with Gasteiger partial charge in [0.05, 0.1) is 6.54 Å². The summed E-state index contributed by atoms with van der Waals surface area (Å²) in [7, 11) is -4.94. The van der Waals surface area contributed by atoms with E-state index in [9.17, 15) is 0 Å². The van der Waals surface area contributed by atoms with Gasteiger partial charge in [0.2, 0.25) is 6.33 Å². The van der Waals surface area contributed by atoms with Crippen molar-refractivity contribution < 1.29 is 33.6 Å². The minimum atomic E-state index is -4.94. The number of nitrogens with two attached hydrogens (primary N) is 1. The molecule has 0 fully saturated rings. The van der Waals surface area contributed by atoms with Crippen molar-refractivity contribution in [1.29, 1.82) is 0 Å². The van der Waals surface area contributed by atoms with Crippen LogP contribution in [0.4, 0.5) is 0 Å². The van der Waals surface area contributed by atoms with Crippen LogP contribution in [0.25, 0.3) is 10.4 Å². The second-order valence-electron chi connectivity index (χ2n) is 2.29. The molecule has 0 spiro atoms. The molecule has 11 nitrogen and oxygen atoms in total. The summed E-state index contributed by atoms with van der Waals surface area (Å²) in [4.78, 5) is 2.60. The van der Waals surface area contributed by atoms with E-state index < -0.39 is 10.2 Å². The summed E-state index contributed by atoms with van der Waals surface area (Å²) in [5.41, 5.74) is 7.95. The third-order valence-electron chi connectivity index (χ3n) is 1.09. The topological polar surface area (TPSA) is 189 Å². The Balaban J connectivity index is 0.000000385. The number of halogens is 1. The van der Waals surface area contributed by atoms with Gasteiger partial charge in [-0.25, -0.2) is 18.6 Å². The Morgan fingerprint density at radius 1 is 1.50 bits per heavy atom. The zero-order chi connectivity index (χ0) is 12.6. The molecular formula is C4H8ClN7O4. The maximum absolute atomic E-state index is 8.49. The third kappa shape index (κ3) is 10.5. The van der Waals surface area contributed by atoms with E-state index in [1.54, 1.807) is 11.0 Å². The van der Waals surface area contributed by atoms with Gasteiger partial charge in [-0.2, -0.15) is 0 Å². The number of hydrogen-bond donors (Lipinski definition) is 1. The zero-order valence-electron chi connectivity index (χ0n) is 7.84. The van der Waals surface area contributed by atoms with Gasteiger partial charge in [0, 0.05) is 10.0 Å². The van der Waals surface area contributed by atoms with Crippen LogP contribution in [0, 0.1) is 10.2 Å². The van der Waals surface area contributed by atoms with Crippen molar-refractivity contribution >= 4 is 0 Å². The lowest BCUT2D eigenvalue weighted by atomic mass is 10.7. The highest BCUT2D eigenvalue weighted by molar-refractivity contribution is 4.50. The van der Waals surface area contributed by atoms with Gasteiger partial charge in [-0.05, 0) is 5.53 Å². The quantitative estimate of drug-likeness (QED) is 0.184. The number of nitrogens with zero attached hydrogens (tertiary/aromatic N) is 6. The number of nitrogen functional groups attached to an aromatic ring is 1. The second kappa shape index (κ2) is 6.79. The summed E-state index contributed by atoms with van der Waals surface area (Å²) in [6, 6.07) is 0. The van der Waals surface area contributed by atoms with Gasteiger partial charge in [-0.15, -0.1) is 19.6 Å². The van der Waals surface area contributed by atoms with Crippen LogP contribution in [0.2, 0.25) is 0 Å². The number of rotatable bonds is 3. The largest absolute Gasteiger partial charge is 0.289 e. The molecule has 1 rings (SSSR count). The molecule has 0 aromatic carbocycles. The summed E-state index contributed by atoms with van der Waals surface area (Å²) in [5, 5.41) is 7.20. The van der Waals surface area contributed by atoms with Crippen molar-refractivity contribution in [2.75, 3.05) is 12.4 Å². The summed E-state index contributed by atoms with van der Waals surface area (Å²) in [5.74, 6) is 5.31. The van der Waals surface area contributed by atoms with Gasteiger partial charge in [0.25, 0.3) is 6.33 Å². The molecule has 1 aromatic heterocycles. The van der Waals surface area contributed by atoms with Crippen LogP contribution in [-0.4, -0.2) is 16.3 Å². The van der Waals surface area contributed by atoms with Crippen molar-refractivity contribution in [3.05, 3.63) is 23.1 Å². The first-order chi connectivity index (χ1) is 7.33. The van der Waals surface area contributed by atoms with Crippen LogP contribution in [0.3, 0.4) is 0 Å². The molecule has 1 aromatic rings. The van der Waals surface area contributed by atoms with Crippen LogP contribution in [0.5, 0.6) is 0 Å². The van der Waals surface area contributed by atoms with Gasteiger partial charge in [-0.3, -0.25) is 5.84 Å². The van der Waals surface area contributed by atoms with E-state index in [0.717, 1.165) is 0 Å². The van der Waals surface area contributed by atoms with E-state index in [1.807, 2.05) is 0 Å². The molecular weight excluding hydrogens is 246 g/mol. The highest BCUT2D eigenvalue weighted by Crippen LogP contribution is 1.78. The summed E-state index contributed by atoms with van der Waals surface area (Å²) < 4.78 is 36.9. The molecule has 0 bridgehead atoms. The van der Waals surface area contributed by atoms with Crippen LogP contribution < -0.4 is 29.2 Å². The first-order valence-electron chi connectivity index (χ1n) is 3.64. The van der Waals surface area contributed by atoms with Gasteiger partial charge in [-0.1, -0.05) is 5.11 Å². The van der Waals surface area contributed by atoms with E-state index >= 15 is 0 Å². The minimum Gasteiger partial charge on any atom is -0.289 e. The van der Waals surface area contributed by atoms with Crippen LogP contribution in [-0.2, 0) is 6.54 Å². The van der Waals surface area contributed by atoms with E-state index in [0.29, 0.717) is 13.1 Å². The van der Waals surface area contributed by atoms with Crippen molar-refractivity contribution in [1.82, 2.24) is 9.78 Å². The summed E-state index contributed by atoms with van der Waals surface area (Å²) in [6.07, 6.45) is 3.07. The molecule has 0 unspecified atom stereocenters. The number of aromatic nitrogens is 3. The monoisotopic (exact) mass is 253 g/mol. The molecule has 0 aliphatic rings. The number of hydrogen-bond acceptors (Lipinski definition) is 7. The third-order valence-corrected chi connectivity index (χ3v) is 1.09. The zero-order valence-corrected chi connectivity index (χ0v) is 8.60. The molecule has 0 aliphatic heterocycles. The predicted molar refractivity (Wildman–Crippen MR) is 36.6 cm³/mol. The highest BCUT2D eigenvalue weighted by Gasteiger charge is 1.99. The molecule has 1 heterocycles. The molecule has 0 aliphatic carbocycles. The Kier molecular flexibility index (Phi) is 6.10. The van der Waals surface area contributed by atoms with E-state index in [-0.39, 0.29) is 0 Å². The smallest absolute Gasteiger partial charge is 0.286 e. The Bertz CT molecular complexity index is 350. The van der Waals surface area contributed by atoms with Crippen molar-refractivity contribution in [2.45, 2.75) is 6.54 Å². The molecule has 0 saturated heterocycles. The average molecular weight is 254 g/mol. The van der Waals surface area contributed by atoms with Gasteiger partial charge in [0.15, 0.2) is 0 Å². The molecule has 0 atom stereocenters. The van der Waals surface area contributed by atoms with E-state index in [1.165, 1.54) is 11.0 Å². The second-order valence-corrected chi connectivity index (χ2v) is 3.05. The molecule has 12 heteroatoms. The molecule has 90 valence electrons. The van der Waals surface area contributed by atoms with Gasteiger partial charge >= 0.3 is 0 Å². The fourth-order valence-corrected chi connectivity index (χ4v) is 0.647. The average Bonchev–Trinajstić information content (AvgIpc) is 2.49. The Labute approximate surface area is 91.3 Å². The fraction of sp³-hybridized carbons (Fsp3) is 0.500. The van der Waals surface area contributed by atoms with E-state index in [2.05, 4.69) is 15.1 Å². The van der Waals surface area contributed by atoms with Gasteiger partial charge < -0.3 is 0 Å². The van der Waals surface area contributed by atoms with Gasteiger partial charge in [0.1, 0.15) is 6.54 Å². The SMILES string of the molecule is [N-]=[N+]=NCCn1c[n+](N)cn1.[O-][Cl+3]([O-])([O-])[O-]. The summed E-state index contributed by atoms with van der Waals surface area (Å²) >= 11 is 0. The number of azide groups is 1. The molecule has 0 radical (unpaired) electrons. The highest BCUT2D eigenvalue weighted by atomic mass is 35.7. The molecule has 2 N–H and O–H groups in total. The maximum atomic E-state index is 8.49. The Hall–Kier alpha value is -1.62. The predicted octanol–water partition coefficient (Wildman–Crippen LogP) is -5.56. The normalized spacial score (nSPS) is 10.0. The lowest BCUT2D eigenvalue weighted by molar-refractivity contribution is -2.00. The first kappa shape index (κ1) is 14.4. The fourth-order valence-electron chi connectivity index (χ4n) is 0.647. The Morgan fingerprint density at radius 3 is 2.44 bits per heavy atom. The van der Waals surface area contributed by atoms with Crippen LogP contribution in [0.1, 0.15) is 0 Å². The first-order valence-corrected chi connectivity index (χ1v) is 4.88. The van der Waals surface area contributed by atoms with Crippen molar-refractivity contribution in [3.63, 3.8) is 0 Å². The lowest BCUT2D eigenvalue weighted by Crippen LogP contribution is -2.68.